The zero-order chi connectivity index (χ0) is 14.4. The number of methoxy groups -OCH3 is 1. The van der Waals surface area contributed by atoms with Crippen molar-refractivity contribution < 1.29 is 9.53 Å². The van der Waals surface area contributed by atoms with Crippen LogP contribution in [0.1, 0.15) is 6.92 Å². The van der Waals surface area contributed by atoms with Crippen molar-refractivity contribution in [1.29, 1.82) is 0 Å². The lowest BCUT2D eigenvalue weighted by atomic mass is 10.2. The SMILES string of the molecule is COC[C@H](C)NC(=O)CSc1cccc2cccnc12. The Morgan fingerprint density at radius 2 is 2.20 bits per heavy atom. The van der Waals surface area contributed by atoms with E-state index in [0.29, 0.717) is 12.4 Å². The lowest BCUT2D eigenvalue weighted by Crippen LogP contribution is -2.36. The van der Waals surface area contributed by atoms with Crippen LogP contribution in [0.15, 0.2) is 41.4 Å². The van der Waals surface area contributed by atoms with E-state index < -0.39 is 0 Å². The molecule has 0 radical (unpaired) electrons. The number of amides is 1. The first-order valence-electron chi connectivity index (χ1n) is 6.45. The number of ether oxygens (including phenoxy) is 1. The highest BCUT2D eigenvalue weighted by molar-refractivity contribution is 8.00. The van der Waals surface area contributed by atoms with Gasteiger partial charge in [0.15, 0.2) is 0 Å². The third-order valence-electron chi connectivity index (χ3n) is 2.78. The van der Waals surface area contributed by atoms with Gasteiger partial charge in [-0.25, -0.2) is 0 Å². The number of thioether (sulfide) groups is 1. The minimum atomic E-state index is 0.00693. The van der Waals surface area contributed by atoms with E-state index >= 15 is 0 Å². The molecule has 2 rings (SSSR count). The maximum atomic E-state index is 11.8. The number of pyridine rings is 1. The van der Waals surface area contributed by atoms with Gasteiger partial charge in [-0.1, -0.05) is 18.2 Å². The molecule has 1 amide bonds. The van der Waals surface area contributed by atoms with Crippen LogP contribution in [0, 0.1) is 0 Å². The maximum absolute atomic E-state index is 11.8. The molecular formula is C15H18N2O2S. The van der Waals surface area contributed by atoms with Gasteiger partial charge in [0.1, 0.15) is 0 Å². The number of nitrogens with zero attached hydrogens (tertiary/aromatic N) is 1. The highest BCUT2D eigenvalue weighted by Crippen LogP contribution is 2.25. The first-order valence-corrected chi connectivity index (χ1v) is 7.44. The topological polar surface area (TPSA) is 51.2 Å². The zero-order valence-corrected chi connectivity index (χ0v) is 12.4. The molecule has 5 heteroatoms. The van der Waals surface area contributed by atoms with Gasteiger partial charge in [-0.3, -0.25) is 9.78 Å². The van der Waals surface area contributed by atoms with Crippen LogP contribution in [0.3, 0.4) is 0 Å². The molecule has 0 unspecified atom stereocenters. The molecule has 1 N–H and O–H groups in total. The summed E-state index contributed by atoms with van der Waals surface area (Å²) >= 11 is 1.50. The van der Waals surface area contributed by atoms with E-state index in [2.05, 4.69) is 10.3 Å². The Kier molecular flexibility index (Phi) is 5.38. The van der Waals surface area contributed by atoms with Gasteiger partial charge in [0.25, 0.3) is 0 Å². The summed E-state index contributed by atoms with van der Waals surface area (Å²) in [6, 6.07) is 9.96. The third kappa shape index (κ3) is 3.95. The Morgan fingerprint density at radius 3 is 3.00 bits per heavy atom. The number of rotatable bonds is 6. The molecule has 106 valence electrons. The van der Waals surface area contributed by atoms with Crippen LogP contribution in [0.5, 0.6) is 0 Å². The molecule has 1 heterocycles. The van der Waals surface area contributed by atoms with Gasteiger partial charge in [-0.2, -0.15) is 0 Å². The average molecular weight is 290 g/mol. The highest BCUT2D eigenvalue weighted by Gasteiger charge is 2.09. The number of benzene rings is 1. The van der Waals surface area contributed by atoms with Gasteiger partial charge in [0.2, 0.25) is 5.91 Å². The number of aromatic nitrogens is 1. The smallest absolute Gasteiger partial charge is 0.230 e. The largest absolute Gasteiger partial charge is 0.383 e. The molecule has 0 bridgehead atoms. The molecule has 0 fully saturated rings. The van der Waals surface area contributed by atoms with E-state index in [1.54, 1.807) is 13.3 Å². The number of hydrogen-bond donors (Lipinski definition) is 1. The summed E-state index contributed by atoms with van der Waals surface area (Å²) in [5.74, 6) is 0.386. The van der Waals surface area contributed by atoms with Crippen molar-refractivity contribution in [2.75, 3.05) is 19.5 Å². The van der Waals surface area contributed by atoms with Gasteiger partial charge in [-0.15, -0.1) is 11.8 Å². The molecule has 0 aliphatic carbocycles. The van der Waals surface area contributed by atoms with E-state index in [1.807, 2.05) is 37.3 Å². The second kappa shape index (κ2) is 7.26. The second-order valence-corrected chi connectivity index (χ2v) is 5.56. The Morgan fingerprint density at radius 1 is 1.40 bits per heavy atom. The molecule has 0 saturated carbocycles. The first-order chi connectivity index (χ1) is 9.70. The van der Waals surface area contributed by atoms with E-state index in [1.165, 1.54) is 11.8 Å². The molecule has 1 aromatic carbocycles. The number of nitrogens with one attached hydrogen (secondary N) is 1. The number of carbonyl (C=O) groups excluding carboxylic acids is 1. The van der Waals surface area contributed by atoms with Crippen LogP contribution in [0.4, 0.5) is 0 Å². The van der Waals surface area contributed by atoms with Gasteiger partial charge in [0.05, 0.1) is 17.9 Å². The number of fused-ring (bicyclic) bond motifs is 1. The van der Waals surface area contributed by atoms with Gasteiger partial charge >= 0.3 is 0 Å². The number of hydrogen-bond acceptors (Lipinski definition) is 4. The standard InChI is InChI=1S/C15H18N2O2S/c1-11(9-19-2)17-14(18)10-20-13-7-3-5-12-6-4-8-16-15(12)13/h3-8,11H,9-10H2,1-2H3,(H,17,18)/t11-/m0/s1. The number of carbonyl (C=O) groups is 1. The molecule has 20 heavy (non-hydrogen) atoms. The summed E-state index contributed by atoms with van der Waals surface area (Å²) in [7, 11) is 1.62. The Labute approximate surface area is 122 Å². The average Bonchev–Trinajstić information content (AvgIpc) is 2.45. The van der Waals surface area contributed by atoms with Gasteiger partial charge in [0, 0.05) is 29.6 Å². The van der Waals surface area contributed by atoms with E-state index in [9.17, 15) is 4.79 Å². The predicted molar refractivity (Wildman–Crippen MR) is 81.9 cm³/mol. The lowest BCUT2D eigenvalue weighted by Gasteiger charge is -2.12. The maximum Gasteiger partial charge on any atom is 0.230 e. The van der Waals surface area contributed by atoms with Gasteiger partial charge < -0.3 is 10.1 Å². The molecule has 1 atom stereocenters. The Hall–Kier alpha value is -1.59. The molecule has 0 aliphatic rings. The summed E-state index contributed by atoms with van der Waals surface area (Å²) in [6.07, 6.45) is 1.77. The van der Waals surface area contributed by atoms with E-state index in [0.717, 1.165) is 15.8 Å². The van der Waals surface area contributed by atoms with Crippen LogP contribution in [-0.2, 0) is 9.53 Å². The monoisotopic (exact) mass is 290 g/mol. The van der Waals surface area contributed by atoms with Crippen molar-refractivity contribution in [1.82, 2.24) is 10.3 Å². The van der Waals surface area contributed by atoms with Crippen molar-refractivity contribution in [2.45, 2.75) is 17.9 Å². The Bertz CT molecular complexity index is 584. The predicted octanol–water partition coefficient (Wildman–Crippen LogP) is 2.48. The zero-order valence-electron chi connectivity index (χ0n) is 11.6. The first kappa shape index (κ1) is 14.8. The highest BCUT2D eigenvalue weighted by atomic mass is 32.2. The molecule has 0 spiro atoms. The fourth-order valence-corrected chi connectivity index (χ4v) is 2.80. The molecule has 4 nitrogen and oxygen atoms in total. The summed E-state index contributed by atoms with van der Waals surface area (Å²) in [5.41, 5.74) is 0.942. The molecule has 2 aromatic rings. The van der Waals surface area contributed by atoms with Crippen LogP contribution in [-0.4, -0.2) is 36.4 Å². The molecule has 1 aromatic heterocycles. The summed E-state index contributed by atoms with van der Waals surface area (Å²) in [4.78, 5) is 17.2. The van der Waals surface area contributed by atoms with Crippen LogP contribution in [0.2, 0.25) is 0 Å². The van der Waals surface area contributed by atoms with Crippen molar-refractivity contribution >= 4 is 28.6 Å². The second-order valence-electron chi connectivity index (χ2n) is 4.54. The Balaban J connectivity index is 1.97. The van der Waals surface area contributed by atoms with E-state index in [-0.39, 0.29) is 11.9 Å². The fourth-order valence-electron chi connectivity index (χ4n) is 1.94. The van der Waals surface area contributed by atoms with Crippen LogP contribution in [0.25, 0.3) is 10.9 Å². The van der Waals surface area contributed by atoms with Crippen molar-refractivity contribution in [3.05, 3.63) is 36.5 Å². The van der Waals surface area contributed by atoms with Crippen molar-refractivity contribution in [2.24, 2.45) is 0 Å². The minimum Gasteiger partial charge on any atom is -0.383 e. The summed E-state index contributed by atoms with van der Waals surface area (Å²) in [6.45, 7) is 2.44. The number of para-hydroxylation sites is 1. The molecule has 0 aliphatic heterocycles. The summed E-state index contributed by atoms with van der Waals surface area (Å²) in [5, 5.41) is 3.98. The quantitative estimate of drug-likeness (QED) is 0.830. The van der Waals surface area contributed by atoms with Crippen molar-refractivity contribution in [3.8, 4) is 0 Å². The summed E-state index contributed by atoms with van der Waals surface area (Å²) < 4.78 is 4.99. The third-order valence-corrected chi connectivity index (χ3v) is 3.83. The minimum absolute atomic E-state index is 0.00693. The molecular weight excluding hydrogens is 272 g/mol. The normalized spacial score (nSPS) is 12.3. The van der Waals surface area contributed by atoms with Crippen LogP contribution < -0.4 is 5.32 Å². The lowest BCUT2D eigenvalue weighted by molar-refractivity contribution is -0.119. The molecule has 0 saturated heterocycles. The fraction of sp³-hybridized carbons (Fsp3) is 0.333. The van der Waals surface area contributed by atoms with E-state index in [4.69, 9.17) is 4.74 Å². The van der Waals surface area contributed by atoms with Crippen LogP contribution >= 0.6 is 11.8 Å². The van der Waals surface area contributed by atoms with Gasteiger partial charge in [-0.05, 0) is 19.1 Å². The van der Waals surface area contributed by atoms with Crippen molar-refractivity contribution in [3.63, 3.8) is 0 Å².